The lowest BCUT2D eigenvalue weighted by Gasteiger charge is -2.36. The molecule has 1 unspecified atom stereocenters. The van der Waals surface area contributed by atoms with E-state index in [1.165, 1.54) is 0 Å². The fourth-order valence-corrected chi connectivity index (χ4v) is 1.32. The van der Waals surface area contributed by atoms with Crippen molar-refractivity contribution in [3.05, 3.63) is 48.9 Å². The minimum absolute atomic E-state index is 0.328. The highest BCUT2D eigenvalue weighted by Gasteiger charge is 2.21. The smallest absolute Gasteiger partial charge is 0.0573 e. The van der Waals surface area contributed by atoms with Gasteiger partial charge in [-0.25, -0.2) is 0 Å². The van der Waals surface area contributed by atoms with Crippen LogP contribution in [0.2, 0.25) is 0 Å². The zero-order valence-electron chi connectivity index (χ0n) is 9.21. The molecule has 0 amide bonds. The molecule has 1 atom stereocenters. The number of rotatable bonds is 3. The monoisotopic (exact) mass is 206 g/mol. The van der Waals surface area contributed by atoms with E-state index in [1.54, 1.807) is 6.92 Å². The van der Waals surface area contributed by atoms with E-state index in [2.05, 4.69) is 31.7 Å². The number of nitrogens with zero attached hydrogens (tertiary/aromatic N) is 1. The third-order valence-corrected chi connectivity index (χ3v) is 2.44. The summed E-state index contributed by atoms with van der Waals surface area (Å²) in [6.45, 7) is 17.9. The number of nitrogens with one attached hydrogen (secondary N) is 1. The Kier molecular flexibility index (Phi) is 3.37. The van der Waals surface area contributed by atoms with E-state index >= 15 is 0 Å². The molecule has 0 aromatic rings. The summed E-state index contributed by atoms with van der Waals surface area (Å²) in [6, 6.07) is 0. The molecule has 1 aliphatic heterocycles. The van der Waals surface area contributed by atoms with E-state index < -0.39 is 0 Å². The second-order valence-corrected chi connectivity index (χ2v) is 3.78. The predicted octanol–water partition coefficient (Wildman–Crippen LogP) is 1.72. The lowest BCUT2D eigenvalue weighted by atomic mass is 10.0. The van der Waals surface area contributed by atoms with Crippen LogP contribution in [0.3, 0.4) is 0 Å². The van der Waals surface area contributed by atoms with Crippen molar-refractivity contribution >= 4 is 0 Å². The summed E-state index contributed by atoms with van der Waals surface area (Å²) in [4.78, 5) is 0. The fraction of sp³-hybridized carbons (Fsp3) is 0.333. The molecule has 0 aliphatic carbocycles. The summed E-state index contributed by atoms with van der Waals surface area (Å²) >= 11 is 0. The highest BCUT2D eigenvalue weighted by atomic mass is 16.3. The molecule has 2 N–H and O–H groups in total. The minimum atomic E-state index is -0.328. The van der Waals surface area contributed by atoms with Crippen LogP contribution < -0.4 is 5.43 Å². The third-order valence-electron chi connectivity index (χ3n) is 2.44. The van der Waals surface area contributed by atoms with Crippen molar-refractivity contribution < 1.29 is 5.11 Å². The van der Waals surface area contributed by atoms with Crippen LogP contribution in [0.4, 0.5) is 0 Å². The molecule has 1 fully saturated rings. The van der Waals surface area contributed by atoms with Crippen LogP contribution in [0, 0.1) is 0 Å². The highest BCUT2D eigenvalue weighted by Crippen LogP contribution is 2.26. The van der Waals surface area contributed by atoms with Crippen LogP contribution in [0.25, 0.3) is 0 Å². The summed E-state index contributed by atoms with van der Waals surface area (Å²) in [7, 11) is 0. The van der Waals surface area contributed by atoms with Crippen LogP contribution in [0.5, 0.6) is 0 Å². The lowest BCUT2D eigenvalue weighted by molar-refractivity contribution is 0.155. The Morgan fingerprint density at radius 3 is 2.40 bits per heavy atom. The Morgan fingerprint density at radius 1 is 1.27 bits per heavy atom. The zero-order valence-corrected chi connectivity index (χ0v) is 9.21. The molecule has 1 heterocycles. The summed E-state index contributed by atoms with van der Waals surface area (Å²) in [5.74, 6) is 0. The molecule has 3 heteroatoms. The Labute approximate surface area is 91.1 Å². The van der Waals surface area contributed by atoms with Crippen LogP contribution >= 0.6 is 0 Å². The lowest BCUT2D eigenvalue weighted by Crippen LogP contribution is -2.42. The second-order valence-electron chi connectivity index (χ2n) is 3.78. The fourth-order valence-electron chi connectivity index (χ4n) is 1.32. The summed E-state index contributed by atoms with van der Waals surface area (Å²) in [5, 5.41) is 11.0. The first kappa shape index (κ1) is 11.6. The molecule has 1 aliphatic rings. The number of allylic oxidation sites excluding steroid dienone is 2. The highest BCUT2D eigenvalue weighted by molar-refractivity contribution is 5.52. The largest absolute Gasteiger partial charge is 0.393 e. The average molecular weight is 206 g/mol. The van der Waals surface area contributed by atoms with E-state index in [-0.39, 0.29) is 6.10 Å². The van der Waals surface area contributed by atoms with Gasteiger partial charge in [0.1, 0.15) is 0 Å². The van der Waals surface area contributed by atoms with Crippen LogP contribution in [0.1, 0.15) is 13.3 Å². The van der Waals surface area contributed by atoms with Crippen molar-refractivity contribution in [1.29, 1.82) is 0 Å². The van der Waals surface area contributed by atoms with Gasteiger partial charge in [0.2, 0.25) is 0 Å². The Balaban J connectivity index is 2.67. The van der Waals surface area contributed by atoms with Crippen molar-refractivity contribution in [2.75, 3.05) is 6.54 Å². The number of hydrogen-bond acceptors (Lipinski definition) is 3. The first-order chi connectivity index (χ1) is 6.93. The zero-order chi connectivity index (χ0) is 11.6. The van der Waals surface area contributed by atoms with Crippen LogP contribution in [0.15, 0.2) is 48.9 Å². The molecular formula is C12H18N2O. The summed E-state index contributed by atoms with van der Waals surface area (Å²) in [5.41, 5.74) is 6.17. The Morgan fingerprint density at radius 2 is 1.87 bits per heavy atom. The molecule has 0 spiro atoms. The van der Waals surface area contributed by atoms with Crippen LogP contribution in [-0.4, -0.2) is 22.8 Å². The van der Waals surface area contributed by atoms with Crippen molar-refractivity contribution in [3.63, 3.8) is 0 Å². The van der Waals surface area contributed by atoms with Crippen molar-refractivity contribution in [1.82, 2.24) is 10.4 Å². The van der Waals surface area contributed by atoms with E-state index in [0.29, 0.717) is 13.0 Å². The van der Waals surface area contributed by atoms with Gasteiger partial charge in [0.25, 0.3) is 0 Å². The molecule has 0 saturated carbocycles. The first-order valence-corrected chi connectivity index (χ1v) is 4.92. The van der Waals surface area contributed by atoms with Crippen LogP contribution in [-0.2, 0) is 0 Å². The molecular weight excluding hydrogens is 188 g/mol. The van der Waals surface area contributed by atoms with Gasteiger partial charge < -0.3 is 5.11 Å². The predicted molar refractivity (Wildman–Crippen MR) is 62.7 cm³/mol. The van der Waals surface area contributed by atoms with Gasteiger partial charge in [-0.05, 0) is 13.3 Å². The topological polar surface area (TPSA) is 35.5 Å². The van der Waals surface area contributed by atoms with Crippen molar-refractivity contribution in [3.8, 4) is 0 Å². The molecule has 1 rings (SSSR count). The molecule has 0 bridgehead atoms. The second kappa shape index (κ2) is 4.36. The first-order valence-electron chi connectivity index (χ1n) is 4.92. The maximum atomic E-state index is 9.21. The number of aliphatic hydroxyl groups excluding tert-OH is 1. The normalized spacial score (nSPS) is 19.2. The maximum Gasteiger partial charge on any atom is 0.0573 e. The summed E-state index contributed by atoms with van der Waals surface area (Å²) in [6.07, 6.45) is 0.338. The van der Waals surface area contributed by atoms with Gasteiger partial charge in [0.05, 0.1) is 17.5 Å². The molecule has 0 aromatic carbocycles. The van der Waals surface area contributed by atoms with E-state index in [9.17, 15) is 5.11 Å². The Hall–Kier alpha value is -1.48. The minimum Gasteiger partial charge on any atom is -0.393 e. The standard InChI is InChI=1S/C12H18N2O/c1-8(15)6-7-14-12(5)10(3)9(2)11(4)13-14/h8,13,15H,2-7H2,1H3. The van der Waals surface area contributed by atoms with Gasteiger partial charge in [-0.15, -0.1) is 0 Å². The number of hydrazine groups is 1. The molecule has 82 valence electrons. The van der Waals surface area contributed by atoms with E-state index in [4.69, 9.17) is 0 Å². The molecule has 3 nitrogen and oxygen atoms in total. The van der Waals surface area contributed by atoms with Gasteiger partial charge in [-0.3, -0.25) is 10.4 Å². The van der Waals surface area contributed by atoms with Gasteiger partial charge in [0, 0.05) is 17.7 Å². The van der Waals surface area contributed by atoms with Crippen molar-refractivity contribution in [2.45, 2.75) is 19.4 Å². The number of aliphatic hydroxyl groups is 1. The van der Waals surface area contributed by atoms with E-state index in [1.807, 2.05) is 5.01 Å². The van der Waals surface area contributed by atoms with Gasteiger partial charge >= 0.3 is 0 Å². The van der Waals surface area contributed by atoms with E-state index in [0.717, 1.165) is 22.5 Å². The summed E-state index contributed by atoms with van der Waals surface area (Å²) < 4.78 is 0. The Bertz CT molecular complexity index is 329. The number of hydrogen-bond donors (Lipinski definition) is 2. The van der Waals surface area contributed by atoms with Gasteiger partial charge in [-0.1, -0.05) is 26.3 Å². The molecule has 0 radical (unpaired) electrons. The van der Waals surface area contributed by atoms with Crippen molar-refractivity contribution in [2.24, 2.45) is 0 Å². The molecule has 15 heavy (non-hydrogen) atoms. The molecule has 1 saturated heterocycles. The molecule has 0 aromatic heterocycles. The average Bonchev–Trinajstić information content (AvgIpc) is 2.18. The van der Waals surface area contributed by atoms with Gasteiger partial charge in [0.15, 0.2) is 0 Å². The SMILES string of the molecule is C=C1NN(CCC(C)O)C(=C)C(=C)C1=C. The maximum absolute atomic E-state index is 9.21. The third kappa shape index (κ3) is 2.50. The quantitative estimate of drug-likeness (QED) is 0.738. The van der Waals surface area contributed by atoms with Gasteiger partial charge in [-0.2, -0.15) is 0 Å².